The number of carbonyl (C=O) groups excluding carboxylic acids is 1. The summed E-state index contributed by atoms with van der Waals surface area (Å²) in [5.74, 6) is -0.716. The van der Waals surface area contributed by atoms with Crippen LogP contribution in [0.3, 0.4) is 0 Å². The Hall–Kier alpha value is -0.910. The van der Waals surface area contributed by atoms with E-state index in [0.29, 0.717) is 12.2 Å². The van der Waals surface area contributed by atoms with Gasteiger partial charge in [0.1, 0.15) is 5.78 Å². The lowest BCUT2D eigenvalue weighted by Crippen LogP contribution is -2.38. The van der Waals surface area contributed by atoms with Gasteiger partial charge in [0.05, 0.1) is 5.92 Å². The van der Waals surface area contributed by atoms with E-state index in [0.717, 1.165) is 34.8 Å². The number of aliphatic carboxylic acids is 1. The highest BCUT2D eigenvalue weighted by atomic mass is 127. The molecule has 1 N–H and O–H groups in total. The van der Waals surface area contributed by atoms with E-state index in [-0.39, 0.29) is 16.7 Å². The number of carboxylic acids is 1. The van der Waals surface area contributed by atoms with E-state index in [1.54, 1.807) is 0 Å². The van der Waals surface area contributed by atoms with Gasteiger partial charge in [0.2, 0.25) is 0 Å². The molecule has 2 fully saturated rings. The lowest BCUT2D eigenvalue weighted by molar-refractivity contribution is -0.142. The monoisotopic (exact) mass is 410 g/mol. The van der Waals surface area contributed by atoms with Crippen molar-refractivity contribution in [3.63, 3.8) is 0 Å². The Morgan fingerprint density at radius 2 is 2.23 bits per heavy atom. The molecule has 1 aromatic carbocycles. The minimum absolute atomic E-state index is 0.242. The average Bonchev–Trinajstić information content (AvgIpc) is 2.89. The van der Waals surface area contributed by atoms with Gasteiger partial charge in [0.15, 0.2) is 0 Å². The number of carbonyl (C=O) groups is 2. The van der Waals surface area contributed by atoms with Crippen molar-refractivity contribution < 1.29 is 14.7 Å². The van der Waals surface area contributed by atoms with Crippen LogP contribution in [0.1, 0.15) is 54.2 Å². The van der Waals surface area contributed by atoms with Gasteiger partial charge in [-0.15, -0.1) is 0 Å². The predicted molar refractivity (Wildman–Crippen MR) is 91.5 cm³/mol. The lowest BCUT2D eigenvalue weighted by atomic mass is 9.61. The molecule has 0 aliphatic heterocycles. The maximum absolute atomic E-state index is 12.8. The van der Waals surface area contributed by atoms with Crippen LogP contribution < -0.4 is 0 Å². The molecule has 4 atom stereocenters. The van der Waals surface area contributed by atoms with E-state index < -0.39 is 11.9 Å². The first-order valence-corrected chi connectivity index (χ1v) is 9.39. The minimum Gasteiger partial charge on any atom is -0.481 e. The normalized spacial score (nSPS) is 38.7. The molecule has 3 aliphatic carbocycles. The summed E-state index contributed by atoms with van der Waals surface area (Å²) >= 11 is 2.31. The van der Waals surface area contributed by atoms with Crippen LogP contribution in [-0.2, 0) is 9.59 Å². The maximum Gasteiger partial charge on any atom is 0.311 e. The Bertz CT molecular complexity index is 698. The van der Waals surface area contributed by atoms with Crippen LogP contribution >= 0.6 is 22.6 Å². The predicted octanol–water partition coefficient (Wildman–Crippen LogP) is 3.82. The van der Waals surface area contributed by atoms with Crippen molar-refractivity contribution in [1.29, 1.82) is 0 Å². The topological polar surface area (TPSA) is 54.4 Å². The third-order valence-corrected chi connectivity index (χ3v) is 7.91. The summed E-state index contributed by atoms with van der Waals surface area (Å²) in [5, 5.41) is 9.97. The number of fused-ring (bicyclic) bond motifs is 3. The van der Waals surface area contributed by atoms with Crippen LogP contribution in [-0.4, -0.2) is 21.3 Å². The van der Waals surface area contributed by atoms with Crippen molar-refractivity contribution >= 4 is 34.3 Å². The molecular formula is C18H19IO3. The molecule has 22 heavy (non-hydrogen) atoms. The van der Waals surface area contributed by atoms with E-state index in [4.69, 9.17) is 0 Å². The Morgan fingerprint density at radius 1 is 1.45 bits per heavy atom. The number of alkyl halides is 1. The smallest absolute Gasteiger partial charge is 0.311 e. The number of Topliss-reactive ketones (excluding diaryl/α,β-unsaturated/α-hetero) is 1. The average molecular weight is 410 g/mol. The fraction of sp³-hybridized carbons (Fsp3) is 0.556. The van der Waals surface area contributed by atoms with Crippen molar-refractivity contribution in [2.45, 2.75) is 44.4 Å². The van der Waals surface area contributed by atoms with E-state index in [1.807, 2.05) is 19.1 Å². The Kier molecular flexibility index (Phi) is 3.04. The van der Waals surface area contributed by atoms with Crippen molar-refractivity contribution in [1.82, 2.24) is 0 Å². The van der Waals surface area contributed by atoms with E-state index in [1.165, 1.54) is 5.56 Å². The summed E-state index contributed by atoms with van der Waals surface area (Å²) in [4.78, 5) is 24.9. The van der Waals surface area contributed by atoms with Gasteiger partial charge in [-0.25, -0.2) is 0 Å². The van der Waals surface area contributed by atoms with Gasteiger partial charge in [-0.2, -0.15) is 0 Å². The fourth-order valence-corrected chi connectivity index (χ4v) is 6.65. The van der Waals surface area contributed by atoms with E-state index >= 15 is 0 Å². The SMILES string of the molecule is Cc1cccc2c1C(C(=O)O)C13CC(=O)C(CI)(CCC21)C3. The Morgan fingerprint density at radius 3 is 2.91 bits per heavy atom. The summed E-state index contributed by atoms with van der Waals surface area (Å²) in [6.45, 7) is 2.01. The molecule has 0 saturated heterocycles. The first kappa shape index (κ1) is 14.7. The van der Waals surface area contributed by atoms with E-state index in [2.05, 4.69) is 28.7 Å². The second kappa shape index (κ2) is 4.56. The summed E-state index contributed by atoms with van der Waals surface area (Å²) < 4.78 is 0.819. The number of aryl methyl sites for hydroxylation is 1. The number of carboxylic acid groups (broad SMARTS) is 1. The number of hydrogen-bond acceptors (Lipinski definition) is 2. The summed E-state index contributed by atoms with van der Waals surface area (Å²) in [7, 11) is 0. The third kappa shape index (κ3) is 1.57. The highest BCUT2D eigenvalue weighted by molar-refractivity contribution is 14.1. The van der Waals surface area contributed by atoms with Crippen LogP contribution in [0.15, 0.2) is 18.2 Å². The molecule has 4 unspecified atom stereocenters. The van der Waals surface area contributed by atoms with Crippen LogP contribution in [0.25, 0.3) is 0 Å². The molecule has 116 valence electrons. The highest BCUT2D eigenvalue weighted by Gasteiger charge is 2.67. The summed E-state index contributed by atoms with van der Waals surface area (Å²) in [6, 6.07) is 6.13. The molecule has 1 aromatic rings. The molecule has 0 heterocycles. The third-order valence-electron chi connectivity index (χ3n) is 6.45. The van der Waals surface area contributed by atoms with Gasteiger partial charge in [0.25, 0.3) is 0 Å². The van der Waals surface area contributed by atoms with Gasteiger partial charge in [-0.3, -0.25) is 9.59 Å². The number of hydrogen-bond donors (Lipinski definition) is 1. The molecular weight excluding hydrogens is 391 g/mol. The zero-order valence-electron chi connectivity index (χ0n) is 12.6. The highest BCUT2D eigenvalue weighted by Crippen LogP contribution is 2.71. The molecule has 0 amide bonds. The number of benzene rings is 1. The van der Waals surface area contributed by atoms with Crippen molar-refractivity contribution in [3.05, 3.63) is 34.9 Å². The van der Waals surface area contributed by atoms with Gasteiger partial charge in [0, 0.05) is 21.7 Å². The minimum atomic E-state index is -0.753. The second-order valence-corrected chi connectivity index (χ2v) is 8.13. The van der Waals surface area contributed by atoms with Crippen LogP contribution in [0.4, 0.5) is 0 Å². The van der Waals surface area contributed by atoms with Crippen LogP contribution in [0.2, 0.25) is 0 Å². The van der Waals surface area contributed by atoms with Gasteiger partial charge in [-0.1, -0.05) is 40.8 Å². The summed E-state index contributed by atoms with van der Waals surface area (Å²) in [5.41, 5.74) is 2.62. The molecule has 0 radical (unpaired) electrons. The number of halogens is 1. The zero-order valence-corrected chi connectivity index (χ0v) is 14.7. The molecule has 0 aromatic heterocycles. The Labute approximate surface area is 143 Å². The molecule has 3 aliphatic rings. The van der Waals surface area contributed by atoms with Crippen molar-refractivity contribution in [3.8, 4) is 0 Å². The molecule has 4 heteroatoms. The largest absolute Gasteiger partial charge is 0.481 e. The quantitative estimate of drug-likeness (QED) is 0.596. The molecule has 2 saturated carbocycles. The lowest BCUT2D eigenvalue weighted by Gasteiger charge is -2.42. The van der Waals surface area contributed by atoms with E-state index in [9.17, 15) is 14.7 Å². The van der Waals surface area contributed by atoms with Crippen LogP contribution in [0, 0.1) is 17.8 Å². The number of rotatable bonds is 2. The standard InChI is InChI=1S/C18H19IO3/c1-10-3-2-4-11-12-5-6-17(9-19)8-18(12,7-13(17)20)15(14(10)11)16(21)22/h2-4,12,15H,5-9H2,1H3,(H,21,22). The molecule has 4 rings (SSSR count). The van der Waals surface area contributed by atoms with Crippen molar-refractivity contribution in [2.24, 2.45) is 10.8 Å². The zero-order chi connectivity index (χ0) is 15.7. The molecule has 3 nitrogen and oxygen atoms in total. The van der Waals surface area contributed by atoms with Crippen LogP contribution in [0.5, 0.6) is 0 Å². The first-order chi connectivity index (χ1) is 10.4. The fourth-order valence-electron chi connectivity index (χ4n) is 5.58. The van der Waals surface area contributed by atoms with Gasteiger partial charge in [-0.05, 0) is 48.8 Å². The Balaban J connectivity index is 1.95. The number of ketones is 1. The molecule has 2 bridgehead atoms. The van der Waals surface area contributed by atoms with Gasteiger partial charge < -0.3 is 5.11 Å². The van der Waals surface area contributed by atoms with Crippen molar-refractivity contribution in [2.75, 3.05) is 4.43 Å². The summed E-state index contributed by atoms with van der Waals surface area (Å²) in [6.07, 6.45) is 3.08. The second-order valence-electron chi connectivity index (χ2n) is 7.36. The van der Waals surface area contributed by atoms with Gasteiger partial charge >= 0.3 is 5.97 Å². The maximum atomic E-state index is 12.8. The molecule has 1 spiro atoms. The first-order valence-electron chi connectivity index (χ1n) is 7.87.